The van der Waals surface area contributed by atoms with Crippen LogP contribution in [0.3, 0.4) is 0 Å². The molecule has 0 unspecified atom stereocenters. The summed E-state index contributed by atoms with van der Waals surface area (Å²) in [4.78, 5) is 14.5. The molecule has 0 bridgehead atoms. The van der Waals surface area contributed by atoms with Gasteiger partial charge in [-0.3, -0.25) is 4.79 Å². The highest BCUT2D eigenvalue weighted by molar-refractivity contribution is 6.07. The van der Waals surface area contributed by atoms with Crippen molar-refractivity contribution >= 4 is 16.7 Å². The predicted octanol–water partition coefficient (Wildman–Crippen LogP) is 2.99. The first-order valence-corrected chi connectivity index (χ1v) is 4.69. The third-order valence-corrected chi connectivity index (χ3v) is 2.77. The van der Waals surface area contributed by atoms with Gasteiger partial charge >= 0.3 is 0 Å². The number of aryl methyl sites for hydroxylation is 2. The topological polar surface area (TPSA) is 32.9 Å². The van der Waals surface area contributed by atoms with Crippen LogP contribution in [-0.2, 0) is 0 Å². The number of nitrogens with one attached hydrogen (secondary N) is 1. The SMILES string of the molecule is CC(=O)c1c[nH]c2c(C)c(C)ccc12. The van der Waals surface area contributed by atoms with Crippen molar-refractivity contribution in [3.05, 3.63) is 35.0 Å². The van der Waals surface area contributed by atoms with Gasteiger partial charge in [0.25, 0.3) is 0 Å². The molecule has 0 amide bonds. The Hall–Kier alpha value is -1.57. The largest absolute Gasteiger partial charge is 0.360 e. The van der Waals surface area contributed by atoms with Crippen molar-refractivity contribution in [2.24, 2.45) is 0 Å². The number of rotatable bonds is 1. The monoisotopic (exact) mass is 187 g/mol. The number of carbonyl (C=O) groups excluding carboxylic acids is 1. The number of aromatic nitrogens is 1. The van der Waals surface area contributed by atoms with Crippen molar-refractivity contribution in [3.63, 3.8) is 0 Å². The zero-order chi connectivity index (χ0) is 10.3. The van der Waals surface area contributed by atoms with E-state index >= 15 is 0 Å². The predicted molar refractivity (Wildman–Crippen MR) is 57.8 cm³/mol. The Morgan fingerprint density at radius 1 is 1.29 bits per heavy atom. The van der Waals surface area contributed by atoms with Crippen LogP contribution in [0.5, 0.6) is 0 Å². The van der Waals surface area contributed by atoms with Crippen LogP contribution in [-0.4, -0.2) is 10.8 Å². The van der Waals surface area contributed by atoms with Gasteiger partial charge in [0, 0.05) is 22.7 Å². The molecule has 14 heavy (non-hydrogen) atoms. The van der Waals surface area contributed by atoms with Crippen molar-refractivity contribution in [2.75, 3.05) is 0 Å². The second kappa shape index (κ2) is 2.98. The number of aromatic amines is 1. The van der Waals surface area contributed by atoms with E-state index in [1.807, 2.05) is 6.07 Å². The minimum atomic E-state index is 0.111. The summed E-state index contributed by atoms with van der Waals surface area (Å²) in [5.74, 6) is 0.111. The molecule has 2 nitrogen and oxygen atoms in total. The summed E-state index contributed by atoms with van der Waals surface area (Å²) in [5.41, 5.74) is 4.32. The zero-order valence-corrected chi connectivity index (χ0v) is 8.64. The fourth-order valence-corrected chi connectivity index (χ4v) is 1.74. The molecule has 2 heteroatoms. The Bertz CT molecular complexity index is 508. The van der Waals surface area contributed by atoms with Crippen molar-refractivity contribution in [1.29, 1.82) is 0 Å². The Morgan fingerprint density at radius 3 is 2.64 bits per heavy atom. The maximum absolute atomic E-state index is 11.3. The molecule has 72 valence electrons. The average molecular weight is 187 g/mol. The van der Waals surface area contributed by atoms with Gasteiger partial charge in [-0.15, -0.1) is 0 Å². The van der Waals surface area contributed by atoms with E-state index in [2.05, 4.69) is 24.9 Å². The van der Waals surface area contributed by atoms with Crippen molar-refractivity contribution in [1.82, 2.24) is 4.98 Å². The number of benzene rings is 1. The quantitative estimate of drug-likeness (QED) is 0.684. The third kappa shape index (κ3) is 1.15. The van der Waals surface area contributed by atoms with Gasteiger partial charge in [0.2, 0.25) is 0 Å². The molecule has 0 saturated heterocycles. The molecule has 1 aromatic heterocycles. The number of ketones is 1. The van der Waals surface area contributed by atoms with Crippen LogP contribution in [0.1, 0.15) is 28.4 Å². The molecule has 2 aromatic rings. The summed E-state index contributed by atoms with van der Waals surface area (Å²) < 4.78 is 0. The normalized spacial score (nSPS) is 10.8. The van der Waals surface area contributed by atoms with Gasteiger partial charge in [-0.1, -0.05) is 12.1 Å². The summed E-state index contributed by atoms with van der Waals surface area (Å²) in [6, 6.07) is 4.06. The molecule has 1 heterocycles. The molecule has 0 saturated carbocycles. The summed E-state index contributed by atoms with van der Waals surface area (Å²) in [7, 11) is 0. The lowest BCUT2D eigenvalue weighted by Gasteiger charge is -2.01. The molecule has 2 rings (SSSR count). The molecule has 1 N–H and O–H groups in total. The molecule has 0 fully saturated rings. The number of Topliss-reactive ketones (excluding diaryl/α,β-unsaturated/α-hetero) is 1. The van der Waals surface area contributed by atoms with Crippen molar-refractivity contribution < 1.29 is 4.79 Å². The molecule has 0 atom stereocenters. The minimum Gasteiger partial charge on any atom is -0.360 e. The Balaban J connectivity index is 2.83. The Kier molecular flexibility index (Phi) is 1.92. The minimum absolute atomic E-state index is 0.111. The second-order valence-electron chi connectivity index (χ2n) is 3.69. The molecule has 0 aliphatic rings. The molecule has 0 radical (unpaired) electrons. The van der Waals surface area contributed by atoms with E-state index in [4.69, 9.17) is 0 Å². The third-order valence-electron chi connectivity index (χ3n) is 2.77. The van der Waals surface area contributed by atoms with E-state index in [0.29, 0.717) is 0 Å². The van der Waals surface area contributed by atoms with E-state index in [-0.39, 0.29) is 5.78 Å². The van der Waals surface area contributed by atoms with Gasteiger partial charge in [-0.25, -0.2) is 0 Å². The molecular weight excluding hydrogens is 174 g/mol. The highest BCUT2D eigenvalue weighted by Gasteiger charge is 2.09. The number of hydrogen-bond donors (Lipinski definition) is 1. The van der Waals surface area contributed by atoms with Crippen LogP contribution in [0.25, 0.3) is 10.9 Å². The van der Waals surface area contributed by atoms with Crippen LogP contribution in [0.4, 0.5) is 0 Å². The number of H-pyrrole nitrogens is 1. The van der Waals surface area contributed by atoms with Crippen LogP contribution in [0.15, 0.2) is 18.3 Å². The summed E-state index contributed by atoms with van der Waals surface area (Å²) in [6.45, 7) is 5.74. The van der Waals surface area contributed by atoms with Gasteiger partial charge in [0.05, 0.1) is 0 Å². The fraction of sp³-hybridized carbons (Fsp3) is 0.250. The van der Waals surface area contributed by atoms with Gasteiger partial charge in [0.15, 0.2) is 5.78 Å². The summed E-state index contributed by atoms with van der Waals surface area (Å²) >= 11 is 0. The molecule has 0 aliphatic carbocycles. The van der Waals surface area contributed by atoms with Crippen LogP contribution >= 0.6 is 0 Å². The zero-order valence-electron chi connectivity index (χ0n) is 8.64. The number of hydrogen-bond acceptors (Lipinski definition) is 1. The summed E-state index contributed by atoms with van der Waals surface area (Å²) in [6.07, 6.45) is 1.79. The summed E-state index contributed by atoms with van der Waals surface area (Å²) in [5, 5.41) is 1.03. The maximum atomic E-state index is 11.3. The molecule has 1 aromatic carbocycles. The van der Waals surface area contributed by atoms with E-state index < -0.39 is 0 Å². The standard InChI is InChI=1S/C12H13NO/c1-7-4-5-10-11(9(3)14)6-13-12(10)8(7)2/h4-6,13H,1-3H3. The highest BCUT2D eigenvalue weighted by atomic mass is 16.1. The first kappa shape index (κ1) is 9.00. The molecule has 0 spiro atoms. The Labute approximate surface area is 82.9 Å². The molecule has 0 aliphatic heterocycles. The van der Waals surface area contributed by atoms with Gasteiger partial charge < -0.3 is 4.98 Å². The van der Waals surface area contributed by atoms with Crippen molar-refractivity contribution in [2.45, 2.75) is 20.8 Å². The van der Waals surface area contributed by atoms with E-state index in [9.17, 15) is 4.79 Å². The lowest BCUT2D eigenvalue weighted by molar-refractivity contribution is 0.101. The van der Waals surface area contributed by atoms with Crippen LogP contribution in [0.2, 0.25) is 0 Å². The molecular formula is C12H13NO. The van der Waals surface area contributed by atoms with E-state index in [0.717, 1.165) is 16.5 Å². The Morgan fingerprint density at radius 2 is 2.00 bits per heavy atom. The first-order valence-electron chi connectivity index (χ1n) is 4.69. The van der Waals surface area contributed by atoms with Gasteiger partial charge in [-0.05, 0) is 31.9 Å². The van der Waals surface area contributed by atoms with Gasteiger partial charge in [0.1, 0.15) is 0 Å². The smallest absolute Gasteiger partial charge is 0.161 e. The number of fused-ring (bicyclic) bond motifs is 1. The fourth-order valence-electron chi connectivity index (χ4n) is 1.74. The maximum Gasteiger partial charge on any atom is 0.161 e. The van der Waals surface area contributed by atoms with Crippen LogP contribution in [0, 0.1) is 13.8 Å². The first-order chi connectivity index (χ1) is 6.61. The van der Waals surface area contributed by atoms with Crippen molar-refractivity contribution in [3.8, 4) is 0 Å². The lowest BCUT2D eigenvalue weighted by atomic mass is 10.0. The highest BCUT2D eigenvalue weighted by Crippen LogP contribution is 2.23. The van der Waals surface area contributed by atoms with E-state index in [1.165, 1.54) is 11.1 Å². The lowest BCUT2D eigenvalue weighted by Crippen LogP contribution is -1.89. The van der Waals surface area contributed by atoms with Crippen LogP contribution < -0.4 is 0 Å². The number of carbonyl (C=O) groups is 1. The second-order valence-corrected chi connectivity index (χ2v) is 3.69. The van der Waals surface area contributed by atoms with E-state index in [1.54, 1.807) is 13.1 Å². The average Bonchev–Trinajstić information content (AvgIpc) is 2.55. The van der Waals surface area contributed by atoms with Gasteiger partial charge in [-0.2, -0.15) is 0 Å².